The highest BCUT2D eigenvalue weighted by atomic mass is 16.5. The minimum atomic E-state index is -0.131. The Morgan fingerprint density at radius 2 is 1.55 bits per heavy atom. The number of hydrogen-bond acceptors (Lipinski definition) is 2. The molecule has 0 spiro atoms. The van der Waals surface area contributed by atoms with E-state index in [1.165, 1.54) is 5.56 Å². The molecule has 4 heteroatoms. The van der Waals surface area contributed by atoms with Crippen molar-refractivity contribution in [2.24, 2.45) is 0 Å². The van der Waals surface area contributed by atoms with Crippen LogP contribution in [0, 0.1) is 0 Å². The van der Waals surface area contributed by atoms with E-state index in [0.29, 0.717) is 6.54 Å². The third-order valence-electron chi connectivity index (χ3n) is 5.51. The lowest BCUT2D eigenvalue weighted by Crippen LogP contribution is -2.36. The first-order valence-electron chi connectivity index (χ1n) is 10.8. The first-order valence-corrected chi connectivity index (χ1v) is 10.8. The lowest BCUT2D eigenvalue weighted by Gasteiger charge is -2.29. The molecule has 0 N–H and O–H groups in total. The average Bonchev–Trinajstić information content (AvgIpc) is 3.12. The Labute approximate surface area is 186 Å². The molecule has 0 aliphatic heterocycles. The van der Waals surface area contributed by atoms with Crippen molar-refractivity contribution in [1.29, 1.82) is 0 Å². The number of rotatable bonds is 6. The van der Waals surface area contributed by atoms with Gasteiger partial charge in [0.05, 0.1) is 7.11 Å². The van der Waals surface area contributed by atoms with Crippen LogP contribution in [0.5, 0.6) is 5.75 Å². The van der Waals surface area contributed by atoms with Crippen LogP contribution in [0.4, 0.5) is 0 Å². The lowest BCUT2D eigenvalue weighted by atomic mass is 9.78. The largest absolute Gasteiger partial charge is 0.496 e. The van der Waals surface area contributed by atoms with E-state index in [1.54, 1.807) is 7.11 Å². The van der Waals surface area contributed by atoms with E-state index in [-0.39, 0.29) is 16.6 Å². The molecule has 0 atom stereocenters. The number of benzene rings is 2. The summed E-state index contributed by atoms with van der Waals surface area (Å²) in [6.07, 6.45) is 5.96. The van der Waals surface area contributed by atoms with Gasteiger partial charge in [0, 0.05) is 16.7 Å². The number of ketones is 1. The normalized spacial score (nSPS) is 12.1. The molecule has 31 heavy (non-hydrogen) atoms. The Kier molecular flexibility index (Phi) is 6.40. The van der Waals surface area contributed by atoms with Crippen LogP contribution in [0.3, 0.4) is 0 Å². The van der Waals surface area contributed by atoms with Gasteiger partial charge in [0.25, 0.3) is 0 Å². The van der Waals surface area contributed by atoms with Crippen LogP contribution in [-0.2, 0) is 23.9 Å². The van der Waals surface area contributed by atoms with Gasteiger partial charge in [-0.1, -0.05) is 71.9 Å². The van der Waals surface area contributed by atoms with Crippen molar-refractivity contribution in [3.8, 4) is 5.75 Å². The van der Waals surface area contributed by atoms with E-state index in [9.17, 15) is 4.79 Å². The molecule has 0 radical (unpaired) electrons. The SMILES string of the molecule is COc1c(C(C)(C)C)cc(C(=O)C[n+]2ccn(Cc3ccccc3)c2)cc1C(C)(C)C. The second-order valence-electron chi connectivity index (χ2n) is 10.3. The summed E-state index contributed by atoms with van der Waals surface area (Å²) < 4.78 is 9.87. The summed E-state index contributed by atoms with van der Waals surface area (Å²) in [6, 6.07) is 14.3. The van der Waals surface area contributed by atoms with E-state index >= 15 is 0 Å². The fraction of sp³-hybridized carbons (Fsp3) is 0.407. The zero-order valence-corrected chi connectivity index (χ0v) is 19.9. The summed E-state index contributed by atoms with van der Waals surface area (Å²) in [7, 11) is 1.71. The van der Waals surface area contributed by atoms with Crippen molar-refractivity contribution >= 4 is 5.78 Å². The molecule has 164 valence electrons. The highest BCUT2D eigenvalue weighted by Gasteiger charge is 2.29. The van der Waals surface area contributed by atoms with Crippen LogP contribution < -0.4 is 9.30 Å². The summed E-state index contributed by atoms with van der Waals surface area (Å²) in [5.74, 6) is 0.985. The molecular formula is C27H35N2O2+. The zero-order valence-electron chi connectivity index (χ0n) is 19.9. The first-order chi connectivity index (χ1) is 14.5. The number of nitrogens with zero attached hydrogens (tertiary/aromatic N) is 2. The van der Waals surface area contributed by atoms with Crippen LogP contribution >= 0.6 is 0 Å². The van der Waals surface area contributed by atoms with Gasteiger partial charge in [-0.15, -0.1) is 0 Å². The standard InChI is InChI=1S/C27H35N2O2/c1-26(2,3)22-15-21(16-23(25(22)31-7)27(4,5)6)24(30)18-29-14-13-28(19-29)17-20-11-9-8-10-12-20/h8-16,19H,17-18H2,1-7H3/q+1. The number of methoxy groups -OCH3 is 1. The molecule has 0 bridgehead atoms. The molecule has 0 aliphatic carbocycles. The Hall–Kier alpha value is -2.88. The topological polar surface area (TPSA) is 35.1 Å². The van der Waals surface area contributed by atoms with Gasteiger partial charge >= 0.3 is 0 Å². The molecule has 3 aromatic rings. The summed E-state index contributed by atoms with van der Waals surface area (Å²) >= 11 is 0. The number of aromatic nitrogens is 2. The van der Waals surface area contributed by atoms with Crippen LogP contribution in [-0.4, -0.2) is 17.5 Å². The van der Waals surface area contributed by atoms with Gasteiger partial charge in [-0.25, -0.2) is 9.13 Å². The van der Waals surface area contributed by atoms with Crippen LogP contribution in [0.2, 0.25) is 0 Å². The summed E-state index contributed by atoms with van der Waals surface area (Å²) in [4.78, 5) is 13.3. The van der Waals surface area contributed by atoms with Crippen molar-refractivity contribution in [2.75, 3.05) is 7.11 Å². The number of ether oxygens (including phenoxy) is 1. The Morgan fingerprint density at radius 3 is 2.06 bits per heavy atom. The predicted molar refractivity (Wildman–Crippen MR) is 125 cm³/mol. The molecule has 0 unspecified atom stereocenters. The van der Waals surface area contributed by atoms with Crippen LogP contribution in [0.1, 0.15) is 68.6 Å². The third kappa shape index (κ3) is 5.43. The highest BCUT2D eigenvalue weighted by molar-refractivity contribution is 5.96. The van der Waals surface area contributed by atoms with Gasteiger partial charge in [-0.05, 0) is 28.5 Å². The Bertz CT molecular complexity index is 1020. The molecular weight excluding hydrogens is 384 g/mol. The summed E-state index contributed by atoms with van der Waals surface area (Å²) in [5, 5.41) is 0. The Balaban J connectivity index is 1.90. The predicted octanol–water partition coefficient (Wildman–Crippen LogP) is 5.31. The van der Waals surface area contributed by atoms with Gasteiger partial charge in [0.2, 0.25) is 12.1 Å². The quantitative estimate of drug-likeness (QED) is 0.401. The second-order valence-corrected chi connectivity index (χ2v) is 10.3. The van der Waals surface area contributed by atoms with Gasteiger partial charge in [-0.2, -0.15) is 0 Å². The van der Waals surface area contributed by atoms with Crippen molar-refractivity contribution in [3.63, 3.8) is 0 Å². The van der Waals surface area contributed by atoms with Crippen LogP contribution in [0.25, 0.3) is 0 Å². The number of Topliss-reactive ketones (excluding diaryl/α,β-unsaturated/α-hetero) is 1. The smallest absolute Gasteiger partial charge is 0.244 e. The van der Waals surface area contributed by atoms with Crippen molar-refractivity contribution < 1.29 is 14.1 Å². The summed E-state index contributed by atoms with van der Waals surface area (Å²) in [6.45, 7) is 14.0. The number of carbonyl (C=O) groups is 1. The number of hydrogen-bond donors (Lipinski definition) is 0. The minimum absolute atomic E-state index is 0.0983. The van der Waals surface area contributed by atoms with Gasteiger partial charge in [0.15, 0.2) is 6.54 Å². The lowest BCUT2D eigenvalue weighted by molar-refractivity contribution is -0.682. The van der Waals surface area contributed by atoms with E-state index in [4.69, 9.17) is 4.74 Å². The number of imidazole rings is 1. The molecule has 0 saturated carbocycles. The fourth-order valence-electron chi connectivity index (χ4n) is 3.80. The molecule has 4 nitrogen and oxygen atoms in total. The van der Waals surface area contributed by atoms with Crippen molar-refractivity contribution in [1.82, 2.24) is 4.57 Å². The summed E-state index contributed by atoms with van der Waals surface area (Å²) in [5.41, 5.74) is 3.84. The maximum Gasteiger partial charge on any atom is 0.244 e. The van der Waals surface area contributed by atoms with Gasteiger partial charge in [0.1, 0.15) is 24.7 Å². The van der Waals surface area contributed by atoms with Crippen LogP contribution in [0.15, 0.2) is 61.2 Å². The number of carbonyl (C=O) groups excluding carboxylic acids is 1. The molecule has 0 aliphatic rings. The van der Waals surface area contributed by atoms with Gasteiger partial charge < -0.3 is 4.74 Å². The fourth-order valence-corrected chi connectivity index (χ4v) is 3.80. The second kappa shape index (κ2) is 8.70. The monoisotopic (exact) mass is 419 g/mol. The van der Waals surface area contributed by atoms with Crippen molar-refractivity contribution in [3.05, 3.63) is 83.4 Å². The molecule has 2 aromatic carbocycles. The first kappa shape index (κ1) is 22.8. The molecule has 3 rings (SSSR count). The van der Waals surface area contributed by atoms with E-state index < -0.39 is 0 Å². The third-order valence-corrected chi connectivity index (χ3v) is 5.51. The van der Waals surface area contributed by atoms with Gasteiger partial charge in [-0.3, -0.25) is 4.79 Å². The average molecular weight is 420 g/mol. The van der Waals surface area contributed by atoms with E-state index in [0.717, 1.165) is 29.0 Å². The Morgan fingerprint density at radius 1 is 0.968 bits per heavy atom. The molecule has 0 saturated heterocycles. The van der Waals surface area contributed by atoms with E-state index in [2.05, 4.69) is 58.2 Å². The molecule has 0 fully saturated rings. The van der Waals surface area contributed by atoms with Crippen molar-refractivity contribution in [2.45, 2.75) is 65.5 Å². The maximum absolute atomic E-state index is 13.3. The minimum Gasteiger partial charge on any atom is -0.496 e. The molecule has 0 amide bonds. The highest BCUT2D eigenvalue weighted by Crippen LogP contribution is 2.40. The van der Waals surface area contributed by atoms with E-state index in [1.807, 2.05) is 53.6 Å². The maximum atomic E-state index is 13.3. The molecule has 1 aromatic heterocycles. The molecule has 1 heterocycles. The zero-order chi connectivity index (χ0) is 22.8.